The minimum absolute atomic E-state index is 0.278. The van der Waals surface area contributed by atoms with Gasteiger partial charge < -0.3 is 4.74 Å². The highest BCUT2D eigenvalue weighted by molar-refractivity contribution is 5.69. The van der Waals surface area contributed by atoms with Crippen LogP contribution >= 0.6 is 0 Å². The first-order valence-corrected chi connectivity index (χ1v) is 2.42. The van der Waals surface area contributed by atoms with Gasteiger partial charge in [0.25, 0.3) is 0 Å². The first-order valence-electron chi connectivity index (χ1n) is 2.42. The molecule has 0 aliphatic heterocycles. The van der Waals surface area contributed by atoms with Crippen molar-refractivity contribution in [3.63, 3.8) is 0 Å². The molecule has 0 unspecified atom stereocenters. The van der Waals surface area contributed by atoms with Crippen LogP contribution in [-0.2, 0) is 9.53 Å². The fraction of sp³-hybridized carbons (Fsp3) is 0.500. The molecule has 0 aromatic rings. The zero-order valence-corrected chi connectivity index (χ0v) is 5.02. The van der Waals surface area contributed by atoms with E-state index < -0.39 is 0 Å². The van der Waals surface area contributed by atoms with Crippen molar-refractivity contribution in [1.29, 1.82) is 0 Å². The largest absolute Gasteiger partial charge is 0.372 e. The van der Waals surface area contributed by atoms with Gasteiger partial charge in [0.15, 0.2) is 0 Å². The van der Waals surface area contributed by atoms with Crippen LogP contribution in [-0.4, -0.2) is 5.97 Å². The van der Waals surface area contributed by atoms with Gasteiger partial charge in [-0.05, 0) is 0 Å². The van der Waals surface area contributed by atoms with Gasteiger partial charge in [-0.2, -0.15) is 0 Å². The molecule has 0 aromatic heterocycles. The summed E-state index contributed by atoms with van der Waals surface area (Å²) < 4.78 is 4.34. The fourth-order valence-corrected chi connectivity index (χ4v) is 0.180. The first kappa shape index (κ1) is 7.03. The summed E-state index contributed by atoms with van der Waals surface area (Å²) in [4.78, 5) is 10.2. The molecule has 0 atom stereocenters. The number of ether oxygens (including phenoxy) is 1. The predicted octanol–water partition coefficient (Wildman–Crippen LogP) is 0.920. The van der Waals surface area contributed by atoms with Crippen LogP contribution in [0.15, 0.2) is 0 Å². The van der Waals surface area contributed by atoms with Crippen LogP contribution in [0.25, 0.3) is 0 Å². The van der Waals surface area contributed by atoms with Gasteiger partial charge in [-0.15, -0.1) is 0 Å². The van der Waals surface area contributed by atoms with Crippen LogP contribution in [0, 0.1) is 12.0 Å². The van der Waals surface area contributed by atoms with Crippen molar-refractivity contribution >= 4 is 5.97 Å². The molecular formula is C6H8O2. The Morgan fingerprint density at radius 1 is 1.75 bits per heavy atom. The summed E-state index contributed by atoms with van der Waals surface area (Å²) in [6.45, 7) is 3.34. The number of carbonyl (C=O) groups excluding carboxylic acids is 1. The molecule has 0 saturated carbocycles. The Morgan fingerprint density at radius 3 is 2.75 bits per heavy atom. The van der Waals surface area contributed by atoms with Crippen molar-refractivity contribution in [2.24, 2.45) is 0 Å². The monoisotopic (exact) mass is 112 g/mol. The molecule has 0 bridgehead atoms. The normalized spacial score (nSPS) is 6.75. The number of hydrogen-bond acceptors (Lipinski definition) is 2. The van der Waals surface area contributed by atoms with Crippen molar-refractivity contribution in [1.82, 2.24) is 0 Å². The van der Waals surface area contributed by atoms with E-state index in [2.05, 4.69) is 16.8 Å². The van der Waals surface area contributed by atoms with E-state index in [1.54, 1.807) is 13.8 Å². The summed E-state index contributed by atoms with van der Waals surface area (Å²) >= 11 is 0. The second-order valence-corrected chi connectivity index (χ2v) is 1.18. The third-order valence-electron chi connectivity index (χ3n) is 0.556. The van der Waals surface area contributed by atoms with Crippen molar-refractivity contribution in [3.05, 3.63) is 0 Å². The molecule has 0 saturated heterocycles. The van der Waals surface area contributed by atoms with E-state index in [0.717, 1.165) is 0 Å². The maximum absolute atomic E-state index is 10.2. The molecule has 0 radical (unpaired) electrons. The minimum atomic E-state index is -0.278. The third-order valence-corrected chi connectivity index (χ3v) is 0.556. The smallest absolute Gasteiger partial charge is 0.319 e. The topological polar surface area (TPSA) is 26.3 Å². The molecule has 0 fully saturated rings. The van der Waals surface area contributed by atoms with Gasteiger partial charge in [0.05, 0.1) is 0 Å². The summed E-state index contributed by atoms with van der Waals surface area (Å²) in [6, 6.07) is 0. The Balaban J connectivity index is 3.35. The maximum atomic E-state index is 10.2. The lowest BCUT2D eigenvalue weighted by Gasteiger charge is -1.85. The summed E-state index contributed by atoms with van der Waals surface area (Å²) in [5, 5.41) is 0. The standard InChI is InChI=1S/C6H8O2/c1-3-5-8-6(7)4-2/h4H2,1-2H3. The molecule has 2 heteroatoms. The lowest BCUT2D eigenvalue weighted by molar-refractivity contribution is -0.136. The van der Waals surface area contributed by atoms with Crippen LogP contribution in [0.5, 0.6) is 0 Å². The molecular weight excluding hydrogens is 104 g/mol. The van der Waals surface area contributed by atoms with Gasteiger partial charge in [0.2, 0.25) is 0 Å². The van der Waals surface area contributed by atoms with Crippen molar-refractivity contribution in [2.45, 2.75) is 20.3 Å². The molecule has 0 aromatic carbocycles. The second-order valence-electron chi connectivity index (χ2n) is 1.18. The van der Waals surface area contributed by atoms with E-state index in [0.29, 0.717) is 6.42 Å². The molecule has 0 aliphatic carbocycles. The van der Waals surface area contributed by atoms with Crippen LogP contribution in [0.1, 0.15) is 20.3 Å². The fourth-order valence-electron chi connectivity index (χ4n) is 0.180. The average molecular weight is 112 g/mol. The number of esters is 1. The Morgan fingerprint density at radius 2 is 2.38 bits per heavy atom. The van der Waals surface area contributed by atoms with E-state index in [1.165, 1.54) is 0 Å². The second kappa shape index (κ2) is 4.20. The maximum Gasteiger partial charge on any atom is 0.319 e. The van der Waals surface area contributed by atoms with Gasteiger partial charge >= 0.3 is 5.97 Å². The number of carbonyl (C=O) groups is 1. The average Bonchev–Trinajstić information content (AvgIpc) is 1.83. The molecule has 2 nitrogen and oxygen atoms in total. The third kappa shape index (κ3) is 3.23. The molecule has 0 aliphatic rings. The highest BCUT2D eigenvalue weighted by Gasteiger charge is 1.91. The highest BCUT2D eigenvalue weighted by Crippen LogP contribution is 1.79. The van der Waals surface area contributed by atoms with Crippen LogP contribution in [0.4, 0.5) is 0 Å². The molecule has 0 spiro atoms. The van der Waals surface area contributed by atoms with Crippen LogP contribution in [0.3, 0.4) is 0 Å². The Labute approximate surface area is 48.8 Å². The van der Waals surface area contributed by atoms with E-state index in [4.69, 9.17) is 0 Å². The van der Waals surface area contributed by atoms with Crippen LogP contribution in [0.2, 0.25) is 0 Å². The van der Waals surface area contributed by atoms with Crippen molar-refractivity contribution < 1.29 is 9.53 Å². The first-order chi connectivity index (χ1) is 3.81. The van der Waals surface area contributed by atoms with Gasteiger partial charge in [0, 0.05) is 13.3 Å². The quantitative estimate of drug-likeness (QED) is 0.372. The molecule has 44 valence electrons. The number of hydrogen-bond donors (Lipinski definition) is 0. The van der Waals surface area contributed by atoms with E-state index in [1.807, 2.05) is 0 Å². The van der Waals surface area contributed by atoms with Crippen molar-refractivity contribution in [3.8, 4) is 12.0 Å². The molecule has 0 heterocycles. The lowest BCUT2D eigenvalue weighted by atomic mass is 10.5. The molecule has 0 rings (SSSR count). The van der Waals surface area contributed by atoms with Gasteiger partial charge in [-0.1, -0.05) is 12.8 Å². The Kier molecular flexibility index (Phi) is 3.69. The minimum Gasteiger partial charge on any atom is -0.372 e. The summed E-state index contributed by atoms with van der Waals surface area (Å²) in [6.07, 6.45) is 2.58. The zero-order chi connectivity index (χ0) is 6.41. The highest BCUT2D eigenvalue weighted by atomic mass is 16.5. The molecule has 0 N–H and O–H groups in total. The predicted molar refractivity (Wildman–Crippen MR) is 29.8 cm³/mol. The van der Waals surface area contributed by atoms with Crippen molar-refractivity contribution in [2.75, 3.05) is 0 Å². The summed E-state index contributed by atoms with van der Waals surface area (Å²) in [7, 11) is 0. The Bertz CT molecular complexity index is 127. The summed E-state index contributed by atoms with van der Waals surface area (Å²) in [5.74, 6) is 2.16. The van der Waals surface area contributed by atoms with Crippen LogP contribution < -0.4 is 0 Å². The summed E-state index contributed by atoms with van der Waals surface area (Å²) in [5.41, 5.74) is 0. The zero-order valence-electron chi connectivity index (χ0n) is 5.02. The van der Waals surface area contributed by atoms with E-state index >= 15 is 0 Å². The van der Waals surface area contributed by atoms with Gasteiger partial charge in [0.1, 0.15) is 6.11 Å². The van der Waals surface area contributed by atoms with E-state index in [9.17, 15) is 4.79 Å². The molecule has 8 heavy (non-hydrogen) atoms. The van der Waals surface area contributed by atoms with Gasteiger partial charge in [-0.25, -0.2) is 0 Å². The van der Waals surface area contributed by atoms with E-state index in [-0.39, 0.29) is 5.97 Å². The lowest BCUT2D eigenvalue weighted by Crippen LogP contribution is -1.95. The SMILES string of the molecule is CC#COC(=O)CC. The number of rotatable bonds is 1. The Hall–Kier alpha value is -0.970. The molecule has 0 amide bonds. The van der Waals surface area contributed by atoms with Gasteiger partial charge in [-0.3, -0.25) is 4.79 Å².